The fourth-order valence-corrected chi connectivity index (χ4v) is 6.21. The van der Waals surface area contributed by atoms with Gasteiger partial charge in [0.25, 0.3) is 5.91 Å². The third kappa shape index (κ3) is 3.04. The van der Waals surface area contributed by atoms with Crippen LogP contribution in [0.5, 0.6) is 0 Å². The molecule has 1 heterocycles. The van der Waals surface area contributed by atoms with Crippen molar-refractivity contribution in [1.29, 1.82) is 0 Å². The molecule has 0 spiro atoms. The minimum absolute atomic E-state index is 0.140. The molecule has 4 fully saturated rings. The van der Waals surface area contributed by atoms with Crippen molar-refractivity contribution in [3.63, 3.8) is 0 Å². The molecule has 0 radical (unpaired) electrons. The maximum Gasteiger partial charge on any atom is 0.291 e. The van der Waals surface area contributed by atoms with Crippen LogP contribution in [0.2, 0.25) is 5.02 Å². The number of carbonyl (C=O) groups excluding carboxylic acids is 1. The normalized spacial score (nSPS) is 30.9. The van der Waals surface area contributed by atoms with Crippen LogP contribution in [0.3, 0.4) is 0 Å². The number of nitrogens with zero attached hydrogens (tertiary/aromatic N) is 2. The number of benzene rings is 1. The average Bonchev–Trinajstić information content (AvgIpc) is 3.14. The molecule has 6 rings (SSSR count). The lowest BCUT2D eigenvalue weighted by molar-refractivity contribution is -0.00721. The van der Waals surface area contributed by atoms with Crippen LogP contribution in [0.4, 0.5) is 4.39 Å². The van der Waals surface area contributed by atoms with E-state index >= 15 is 0 Å². The first kappa shape index (κ1) is 17.9. The second-order valence-corrected chi connectivity index (χ2v) is 9.11. The molecule has 28 heavy (non-hydrogen) atoms. The Morgan fingerprint density at radius 3 is 2.57 bits per heavy atom. The Hall–Kier alpha value is -2.21. The van der Waals surface area contributed by atoms with Crippen LogP contribution in [0.25, 0.3) is 0 Å². The predicted octanol–water partition coefficient (Wildman–Crippen LogP) is 4.43. The first-order valence-corrected chi connectivity index (χ1v) is 10.2. The third-order valence-electron chi connectivity index (χ3n) is 6.78. The van der Waals surface area contributed by atoms with Gasteiger partial charge in [-0.25, -0.2) is 9.82 Å². The van der Waals surface area contributed by atoms with Crippen molar-refractivity contribution in [3.05, 3.63) is 52.1 Å². The van der Waals surface area contributed by atoms with Gasteiger partial charge in [0.1, 0.15) is 5.82 Å². The number of halogens is 2. The van der Waals surface area contributed by atoms with Gasteiger partial charge in [-0.05, 0) is 74.5 Å². The lowest BCUT2D eigenvalue weighted by Gasteiger charge is -2.56. The number of H-pyrrole nitrogens is 1. The number of carbonyl (C=O) groups is 1. The number of nitrogens with one attached hydrogen (secondary N) is 2. The van der Waals surface area contributed by atoms with Crippen LogP contribution in [0, 0.1) is 23.6 Å². The molecule has 0 atom stereocenters. The fraction of sp³-hybridized carbons (Fsp3) is 0.476. The van der Waals surface area contributed by atoms with E-state index in [1.54, 1.807) is 6.07 Å². The first-order chi connectivity index (χ1) is 13.5. The molecule has 4 aliphatic rings. The molecule has 0 unspecified atom stereocenters. The Balaban J connectivity index is 1.30. The van der Waals surface area contributed by atoms with E-state index in [4.69, 9.17) is 11.6 Å². The Morgan fingerprint density at radius 2 is 1.93 bits per heavy atom. The maximum absolute atomic E-state index is 13.8. The quantitative estimate of drug-likeness (QED) is 0.588. The topological polar surface area (TPSA) is 70.1 Å². The van der Waals surface area contributed by atoms with Gasteiger partial charge >= 0.3 is 0 Å². The number of aromatic amines is 1. The zero-order valence-corrected chi connectivity index (χ0v) is 16.2. The Kier molecular flexibility index (Phi) is 4.27. The molecule has 4 saturated carbocycles. The van der Waals surface area contributed by atoms with Gasteiger partial charge in [-0.3, -0.25) is 9.89 Å². The monoisotopic (exact) mass is 400 g/mol. The van der Waals surface area contributed by atoms with Crippen molar-refractivity contribution >= 4 is 23.7 Å². The lowest BCUT2D eigenvalue weighted by atomic mass is 9.49. The van der Waals surface area contributed by atoms with Gasteiger partial charge in [0.05, 0.1) is 11.2 Å². The number of amides is 1. The second kappa shape index (κ2) is 6.69. The second-order valence-electron chi connectivity index (χ2n) is 8.70. The minimum atomic E-state index is -0.491. The molecular formula is C21H22ClFN4O. The van der Waals surface area contributed by atoms with Gasteiger partial charge in [0.15, 0.2) is 5.69 Å². The fourth-order valence-electron chi connectivity index (χ4n) is 6.00. The van der Waals surface area contributed by atoms with Crippen LogP contribution in [-0.4, -0.2) is 22.3 Å². The molecule has 1 amide bonds. The zero-order chi connectivity index (χ0) is 19.3. The third-order valence-corrected chi connectivity index (χ3v) is 7.11. The Labute approximate surface area is 167 Å². The van der Waals surface area contributed by atoms with E-state index in [2.05, 4.69) is 20.7 Å². The molecule has 1 aromatic heterocycles. The number of hydrazone groups is 1. The van der Waals surface area contributed by atoms with E-state index < -0.39 is 11.7 Å². The molecule has 4 aliphatic carbocycles. The number of rotatable bonds is 4. The van der Waals surface area contributed by atoms with Crippen molar-refractivity contribution in [1.82, 2.24) is 15.6 Å². The summed E-state index contributed by atoms with van der Waals surface area (Å²) in [7, 11) is 0. The van der Waals surface area contributed by atoms with Crippen molar-refractivity contribution in [2.75, 3.05) is 0 Å². The lowest BCUT2D eigenvalue weighted by Crippen LogP contribution is -2.48. The van der Waals surface area contributed by atoms with Crippen LogP contribution < -0.4 is 5.43 Å². The highest BCUT2D eigenvalue weighted by atomic mass is 35.5. The summed E-state index contributed by atoms with van der Waals surface area (Å²) in [5.74, 6) is 1.55. The van der Waals surface area contributed by atoms with Crippen LogP contribution in [0.1, 0.15) is 60.3 Å². The van der Waals surface area contributed by atoms with Gasteiger partial charge in [-0.15, -0.1) is 0 Å². The highest BCUT2D eigenvalue weighted by molar-refractivity contribution is 6.33. The van der Waals surface area contributed by atoms with E-state index in [-0.39, 0.29) is 16.0 Å². The number of aromatic nitrogens is 2. The number of hydrogen-bond donors (Lipinski definition) is 2. The molecule has 146 valence electrons. The van der Waals surface area contributed by atoms with Crippen molar-refractivity contribution in [2.24, 2.45) is 22.9 Å². The summed E-state index contributed by atoms with van der Waals surface area (Å²) in [5.41, 5.74) is 4.10. The first-order valence-electron chi connectivity index (χ1n) is 9.86. The van der Waals surface area contributed by atoms with Crippen molar-refractivity contribution < 1.29 is 9.18 Å². The van der Waals surface area contributed by atoms with E-state index in [0.717, 1.165) is 23.4 Å². The SMILES string of the molecule is O=C(N/N=C/c1c(F)cccc1Cl)c1cc(C23CC4CC(CC(C4)C2)C3)[nH]n1. The van der Waals surface area contributed by atoms with Gasteiger partial charge in [0, 0.05) is 16.7 Å². The molecular weight excluding hydrogens is 379 g/mol. The summed E-state index contributed by atoms with van der Waals surface area (Å²) in [6.45, 7) is 0. The molecule has 2 N–H and O–H groups in total. The standard InChI is InChI=1S/C21H22ClFN4O/c22-16-2-1-3-17(23)15(16)11-24-27-20(28)18-7-19(26-25-18)21-8-12-4-13(9-21)6-14(5-12)10-21/h1-3,7,11-14H,4-6,8-10H2,(H,25,26)(H,27,28)/b24-11+. The molecule has 0 saturated heterocycles. The van der Waals surface area contributed by atoms with E-state index in [1.165, 1.54) is 56.9 Å². The van der Waals surface area contributed by atoms with E-state index in [0.29, 0.717) is 5.69 Å². The van der Waals surface area contributed by atoms with Gasteiger partial charge in [-0.2, -0.15) is 10.2 Å². The van der Waals surface area contributed by atoms with Gasteiger partial charge < -0.3 is 0 Å². The van der Waals surface area contributed by atoms with Crippen molar-refractivity contribution in [3.8, 4) is 0 Å². The summed E-state index contributed by atoms with van der Waals surface area (Å²) < 4.78 is 13.8. The highest BCUT2D eigenvalue weighted by Gasteiger charge is 2.52. The molecule has 4 bridgehead atoms. The van der Waals surface area contributed by atoms with Crippen LogP contribution >= 0.6 is 11.6 Å². The Morgan fingerprint density at radius 1 is 1.25 bits per heavy atom. The number of hydrogen-bond acceptors (Lipinski definition) is 3. The summed E-state index contributed by atoms with van der Waals surface area (Å²) in [6, 6.07) is 6.25. The minimum Gasteiger partial charge on any atom is -0.281 e. The summed E-state index contributed by atoms with van der Waals surface area (Å²) >= 11 is 5.95. The summed E-state index contributed by atoms with van der Waals surface area (Å²) in [4.78, 5) is 12.4. The van der Waals surface area contributed by atoms with Gasteiger partial charge in [0.2, 0.25) is 0 Å². The molecule has 0 aliphatic heterocycles. The van der Waals surface area contributed by atoms with E-state index in [1.807, 2.05) is 6.07 Å². The Bertz CT molecular complexity index is 898. The smallest absolute Gasteiger partial charge is 0.281 e. The molecule has 5 nitrogen and oxygen atoms in total. The summed E-state index contributed by atoms with van der Waals surface area (Å²) in [6.07, 6.45) is 8.92. The van der Waals surface area contributed by atoms with Crippen LogP contribution in [-0.2, 0) is 5.41 Å². The predicted molar refractivity (Wildman–Crippen MR) is 105 cm³/mol. The van der Waals surface area contributed by atoms with Gasteiger partial charge in [-0.1, -0.05) is 17.7 Å². The summed E-state index contributed by atoms with van der Waals surface area (Å²) in [5, 5.41) is 11.4. The van der Waals surface area contributed by atoms with E-state index in [9.17, 15) is 9.18 Å². The van der Waals surface area contributed by atoms with Crippen molar-refractivity contribution in [2.45, 2.75) is 43.9 Å². The average molecular weight is 401 g/mol. The molecule has 2 aromatic rings. The largest absolute Gasteiger partial charge is 0.291 e. The molecule has 7 heteroatoms. The maximum atomic E-state index is 13.8. The van der Waals surface area contributed by atoms with Crippen LogP contribution in [0.15, 0.2) is 29.4 Å². The highest BCUT2D eigenvalue weighted by Crippen LogP contribution is 2.60. The molecule has 1 aromatic carbocycles. The zero-order valence-electron chi connectivity index (χ0n) is 15.4.